The second-order valence-electron chi connectivity index (χ2n) is 5.01. The zero-order chi connectivity index (χ0) is 15.5. The zero-order valence-electron chi connectivity index (χ0n) is 11.3. The van der Waals surface area contributed by atoms with Gasteiger partial charge in [-0.1, -0.05) is 6.07 Å². The number of benzene rings is 1. The molecule has 4 nitrogen and oxygen atoms in total. The van der Waals surface area contributed by atoms with Crippen molar-refractivity contribution in [3.05, 3.63) is 29.8 Å². The summed E-state index contributed by atoms with van der Waals surface area (Å²) in [4.78, 5) is -0.364. The SMILES string of the molecule is O=S(=O)(NCCC1CCCN1)c1cccc(C(F)(F)F)c1. The first-order valence-corrected chi connectivity index (χ1v) is 8.18. The van der Waals surface area contributed by atoms with Crippen LogP contribution < -0.4 is 10.0 Å². The van der Waals surface area contributed by atoms with Crippen LogP contribution in [0.4, 0.5) is 13.2 Å². The molecular weight excluding hydrogens is 305 g/mol. The van der Waals surface area contributed by atoms with Gasteiger partial charge in [-0.3, -0.25) is 0 Å². The lowest BCUT2D eigenvalue weighted by atomic mass is 10.2. The predicted octanol–water partition coefficient (Wildman–Crippen LogP) is 2.13. The standard InChI is InChI=1S/C13H17F3N2O2S/c14-13(15,16)10-3-1-5-12(9-10)21(19,20)18-8-6-11-4-2-7-17-11/h1,3,5,9,11,17-18H,2,4,6-8H2. The summed E-state index contributed by atoms with van der Waals surface area (Å²) in [6.45, 7) is 1.13. The fourth-order valence-corrected chi connectivity index (χ4v) is 3.39. The van der Waals surface area contributed by atoms with Crippen LogP contribution in [0.2, 0.25) is 0 Å². The van der Waals surface area contributed by atoms with Crippen LogP contribution in [0.1, 0.15) is 24.8 Å². The van der Waals surface area contributed by atoms with Crippen LogP contribution in [0.3, 0.4) is 0 Å². The van der Waals surface area contributed by atoms with Crippen molar-refractivity contribution in [2.75, 3.05) is 13.1 Å². The van der Waals surface area contributed by atoms with Gasteiger partial charge in [0.25, 0.3) is 0 Å². The van der Waals surface area contributed by atoms with Crippen molar-refractivity contribution in [1.82, 2.24) is 10.0 Å². The Morgan fingerprint density at radius 2 is 2.10 bits per heavy atom. The maximum Gasteiger partial charge on any atom is 0.416 e. The molecule has 0 spiro atoms. The first-order chi connectivity index (χ1) is 9.79. The Labute approximate surface area is 121 Å². The van der Waals surface area contributed by atoms with Crippen molar-refractivity contribution in [1.29, 1.82) is 0 Å². The molecule has 118 valence electrons. The number of hydrogen-bond acceptors (Lipinski definition) is 3. The van der Waals surface area contributed by atoms with Crippen LogP contribution in [-0.4, -0.2) is 27.5 Å². The summed E-state index contributed by atoms with van der Waals surface area (Å²) in [5, 5.41) is 3.23. The molecule has 21 heavy (non-hydrogen) atoms. The fourth-order valence-electron chi connectivity index (χ4n) is 2.29. The van der Waals surface area contributed by atoms with Crippen LogP contribution in [0.5, 0.6) is 0 Å². The Balaban J connectivity index is 2.01. The van der Waals surface area contributed by atoms with Crippen molar-refractivity contribution in [2.45, 2.75) is 36.4 Å². The Morgan fingerprint density at radius 1 is 1.33 bits per heavy atom. The van der Waals surface area contributed by atoms with E-state index in [1.807, 2.05) is 0 Å². The molecule has 1 aliphatic heterocycles. The van der Waals surface area contributed by atoms with Gasteiger partial charge in [-0.25, -0.2) is 13.1 Å². The second kappa shape index (κ2) is 6.33. The third-order valence-corrected chi connectivity index (χ3v) is 4.88. The molecule has 1 fully saturated rings. The maximum absolute atomic E-state index is 12.6. The first kappa shape index (κ1) is 16.3. The molecule has 2 N–H and O–H groups in total. The van der Waals surface area contributed by atoms with Gasteiger partial charge in [0, 0.05) is 12.6 Å². The molecule has 1 aromatic carbocycles. The molecule has 0 bridgehead atoms. The molecule has 8 heteroatoms. The van der Waals surface area contributed by atoms with Gasteiger partial charge in [0.1, 0.15) is 0 Å². The smallest absolute Gasteiger partial charge is 0.314 e. The van der Waals surface area contributed by atoms with Crippen LogP contribution >= 0.6 is 0 Å². The summed E-state index contributed by atoms with van der Waals surface area (Å²) in [6, 6.07) is 4.02. The minimum absolute atomic E-state index is 0.205. The lowest BCUT2D eigenvalue weighted by molar-refractivity contribution is -0.137. The Bertz CT molecular complexity index is 581. The van der Waals surface area contributed by atoms with E-state index in [0.29, 0.717) is 12.5 Å². The molecule has 2 rings (SSSR count). The average molecular weight is 322 g/mol. The Kier molecular flexibility index (Phi) is 4.90. The molecule has 1 heterocycles. The monoisotopic (exact) mass is 322 g/mol. The van der Waals surface area contributed by atoms with E-state index < -0.39 is 21.8 Å². The molecule has 0 radical (unpaired) electrons. The van der Waals surface area contributed by atoms with E-state index >= 15 is 0 Å². The van der Waals surface area contributed by atoms with E-state index in [-0.39, 0.29) is 17.5 Å². The second-order valence-corrected chi connectivity index (χ2v) is 6.77. The highest BCUT2D eigenvalue weighted by Crippen LogP contribution is 2.30. The number of rotatable bonds is 5. The van der Waals surface area contributed by atoms with E-state index in [1.54, 1.807) is 0 Å². The normalized spacial score (nSPS) is 19.9. The Hall–Kier alpha value is -1.12. The number of nitrogens with one attached hydrogen (secondary N) is 2. The van der Waals surface area contributed by atoms with E-state index in [4.69, 9.17) is 0 Å². The maximum atomic E-state index is 12.6. The molecule has 0 aliphatic carbocycles. The van der Waals surface area contributed by atoms with Gasteiger partial charge in [-0.05, 0) is 44.0 Å². The lowest BCUT2D eigenvalue weighted by Crippen LogP contribution is -2.30. The third-order valence-electron chi connectivity index (χ3n) is 3.42. The summed E-state index contributed by atoms with van der Waals surface area (Å²) in [7, 11) is -3.91. The predicted molar refractivity (Wildman–Crippen MR) is 72.3 cm³/mol. The van der Waals surface area contributed by atoms with Gasteiger partial charge in [-0.15, -0.1) is 0 Å². The van der Waals surface area contributed by atoms with Gasteiger partial charge in [0.15, 0.2) is 0 Å². The van der Waals surface area contributed by atoms with Gasteiger partial charge in [0.2, 0.25) is 10.0 Å². The van der Waals surface area contributed by atoms with Crippen LogP contribution in [0.15, 0.2) is 29.2 Å². The third kappa shape index (κ3) is 4.42. The number of alkyl halides is 3. The molecular formula is C13H17F3N2O2S. The van der Waals surface area contributed by atoms with Gasteiger partial charge >= 0.3 is 6.18 Å². The van der Waals surface area contributed by atoms with Crippen molar-refractivity contribution >= 4 is 10.0 Å². The number of sulfonamides is 1. The molecule has 1 atom stereocenters. The minimum Gasteiger partial charge on any atom is -0.314 e. The summed E-state index contributed by atoms with van der Waals surface area (Å²) < 4.78 is 64.1. The van der Waals surface area contributed by atoms with E-state index in [9.17, 15) is 21.6 Å². The molecule has 0 amide bonds. The molecule has 1 saturated heterocycles. The van der Waals surface area contributed by atoms with Crippen LogP contribution in [-0.2, 0) is 16.2 Å². The minimum atomic E-state index is -4.56. The van der Waals surface area contributed by atoms with Crippen molar-refractivity contribution < 1.29 is 21.6 Å². The van der Waals surface area contributed by atoms with Crippen LogP contribution in [0, 0.1) is 0 Å². The lowest BCUT2D eigenvalue weighted by Gasteiger charge is -2.12. The summed E-state index contributed by atoms with van der Waals surface area (Å²) >= 11 is 0. The highest BCUT2D eigenvalue weighted by molar-refractivity contribution is 7.89. The largest absolute Gasteiger partial charge is 0.416 e. The van der Waals surface area contributed by atoms with Gasteiger partial charge in [-0.2, -0.15) is 13.2 Å². The number of halogens is 3. The average Bonchev–Trinajstić information content (AvgIpc) is 2.91. The summed E-state index contributed by atoms with van der Waals surface area (Å²) in [5.74, 6) is 0. The molecule has 1 aromatic rings. The highest BCUT2D eigenvalue weighted by atomic mass is 32.2. The molecule has 1 unspecified atom stereocenters. The van der Waals surface area contributed by atoms with Crippen molar-refractivity contribution in [2.24, 2.45) is 0 Å². The van der Waals surface area contributed by atoms with Crippen molar-refractivity contribution in [3.8, 4) is 0 Å². The van der Waals surface area contributed by atoms with E-state index in [0.717, 1.165) is 37.6 Å². The summed E-state index contributed by atoms with van der Waals surface area (Å²) in [5.41, 5.74) is -0.970. The number of hydrogen-bond donors (Lipinski definition) is 2. The van der Waals surface area contributed by atoms with Gasteiger partial charge in [0.05, 0.1) is 10.5 Å². The fraction of sp³-hybridized carbons (Fsp3) is 0.538. The molecule has 0 saturated carbocycles. The van der Waals surface area contributed by atoms with E-state index in [2.05, 4.69) is 10.0 Å². The highest BCUT2D eigenvalue weighted by Gasteiger charge is 2.31. The summed E-state index contributed by atoms with van der Waals surface area (Å²) in [6.07, 6.45) is -1.88. The van der Waals surface area contributed by atoms with E-state index in [1.165, 1.54) is 0 Å². The molecule has 0 aromatic heterocycles. The van der Waals surface area contributed by atoms with Crippen LogP contribution in [0.25, 0.3) is 0 Å². The zero-order valence-corrected chi connectivity index (χ0v) is 12.1. The Morgan fingerprint density at radius 3 is 2.71 bits per heavy atom. The van der Waals surface area contributed by atoms with Gasteiger partial charge < -0.3 is 5.32 Å². The van der Waals surface area contributed by atoms with Crippen molar-refractivity contribution in [3.63, 3.8) is 0 Å². The quantitative estimate of drug-likeness (QED) is 0.873. The topological polar surface area (TPSA) is 58.2 Å². The first-order valence-electron chi connectivity index (χ1n) is 6.69. The molecule has 1 aliphatic rings.